The summed E-state index contributed by atoms with van der Waals surface area (Å²) in [6.45, 7) is 3.73. The zero-order valence-corrected chi connectivity index (χ0v) is 17.1. The Kier molecular flexibility index (Phi) is 7.56. The lowest BCUT2D eigenvalue weighted by Gasteiger charge is -2.10. The van der Waals surface area contributed by atoms with Gasteiger partial charge in [-0.05, 0) is 62.2 Å². The van der Waals surface area contributed by atoms with E-state index >= 15 is 0 Å². The van der Waals surface area contributed by atoms with Crippen LogP contribution in [0, 0.1) is 0 Å². The number of rotatable bonds is 7. The van der Waals surface area contributed by atoms with E-state index in [1.165, 1.54) is 12.1 Å². The maximum Gasteiger partial charge on any atom is 0.313 e. The largest absolute Gasteiger partial charge is 0.347 e. The normalized spacial score (nSPS) is 11.3. The number of nitrogens with one attached hydrogen (secondary N) is 3. The first kappa shape index (κ1) is 21.9. The van der Waals surface area contributed by atoms with Crippen molar-refractivity contribution in [2.24, 2.45) is 0 Å². The molecule has 0 radical (unpaired) electrons. The van der Waals surface area contributed by atoms with E-state index in [-0.39, 0.29) is 17.5 Å². The zero-order valence-electron chi connectivity index (χ0n) is 15.5. The minimum absolute atomic E-state index is 0.177. The number of benzene rings is 2. The molecule has 2 aromatic rings. The Bertz CT molecular complexity index is 927. The molecule has 7 nitrogen and oxygen atoms in total. The predicted octanol–water partition coefficient (Wildman–Crippen LogP) is 2.32. The van der Waals surface area contributed by atoms with Crippen molar-refractivity contribution in [3.05, 3.63) is 59.1 Å². The van der Waals surface area contributed by atoms with Crippen LogP contribution in [0.3, 0.4) is 0 Å². The molecule has 2 rings (SSSR count). The van der Waals surface area contributed by atoms with Crippen molar-refractivity contribution in [1.29, 1.82) is 0 Å². The van der Waals surface area contributed by atoms with Crippen molar-refractivity contribution >= 4 is 39.1 Å². The molecular formula is C19H22ClN3O4S. The van der Waals surface area contributed by atoms with Gasteiger partial charge in [-0.25, -0.2) is 13.1 Å². The number of anilines is 1. The van der Waals surface area contributed by atoms with Gasteiger partial charge in [-0.3, -0.25) is 9.59 Å². The van der Waals surface area contributed by atoms with Crippen LogP contribution in [-0.4, -0.2) is 32.8 Å². The summed E-state index contributed by atoms with van der Waals surface area (Å²) in [6, 6.07) is 12.6. The van der Waals surface area contributed by atoms with Crippen molar-refractivity contribution in [3.8, 4) is 0 Å². The Morgan fingerprint density at radius 3 is 2.14 bits per heavy atom. The van der Waals surface area contributed by atoms with E-state index in [4.69, 9.17) is 11.6 Å². The third kappa shape index (κ3) is 6.63. The lowest BCUT2D eigenvalue weighted by Crippen LogP contribution is -2.36. The molecule has 0 fully saturated rings. The van der Waals surface area contributed by atoms with Crippen LogP contribution in [0.2, 0.25) is 5.02 Å². The van der Waals surface area contributed by atoms with Crippen molar-refractivity contribution in [2.75, 3.05) is 11.9 Å². The molecule has 0 aliphatic rings. The van der Waals surface area contributed by atoms with Gasteiger partial charge in [0.1, 0.15) is 0 Å². The first-order valence-electron chi connectivity index (χ1n) is 8.63. The second kappa shape index (κ2) is 9.68. The molecule has 0 heterocycles. The summed E-state index contributed by atoms with van der Waals surface area (Å²) >= 11 is 5.77. The van der Waals surface area contributed by atoms with Gasteiger partial charge in [-0.2, -0.15) is 0 Å². The van der Waals surface area contributed by atoms with E-state index in [0.717, 1.165) is 5.56 Å². The van der Waals surface area contributed by atoms with Gasteiger partial charge in [-0.1, -0.05) is 23.7 Å². The Morgan fingerprint density at radius 2 is 1.57 bits per heavy atom. The third-order valence-corrected chi connectivity index (χ3v) is 5.56. The highest BCUT2D eigenvalue weighted by Gasteiger charge is 2.15. The summed E-state index contributed by atoms with van der Waals surface area (Å²) in [7, 11) is -3.53. The predicted molar refractivity (Wildman–Crippen MR) is 109 cm³/mol. The summed E-state index contributed by atoms with van der Waals surface area (Å²) in [5, 5.41) is 5.53. The second-order valence-electron chi connectivity index (χ2n) is 6.39. The van der Waals surface area contributed by atoms with Gasteiger partial charge >= 0.3 is 11.8 Å². The van der Waals surface area contributed by atoms with E-state index in [1.807, 2.05) is 0 Å². The van der Waals surface area contributed by atoms with Crippen LogP contribution in [0.4, 0.5) is 5.69 Å². The Morgan fingerprint density at radius 1 is 0.964 bits per heavy atom. The first-order valence-corrected chi connectivity index (χ1v) is 10.5. The quantitative estimate of drug-likeness (QED) is 0.594. The highest BCUT2D eigenvalue weighted by atomic mass is 35.5. The molecule has 0 saturated carbocycles. The van der Waals surface area contributed by atoms with Crippen molar-refractivity contribution in [2.45, 2.75) is 31.2 Å². The highest BCUT2D eigenvalue weighted by Crippen LogP contribution is 2.13. The van der Waals surface area contributed by atoms with Gasteiger partial charge in [0.25, 0.3) is 0 Å². The SMILES string of the molecule is CC(C)NS(=O)(=O)c1ccc(CCNC(=O)C(=O)Nc2ccc(Cl)cc2)cc1. The first-order chi connectivity index (χ1) is 13.2. The van der Waals surface area contributed by atoms with Gasteiger partial charge in [0, 0.05) is 23.3 Å². The standard InChI is InChI=1S/C19H22ClN3O4S/c1-13(2)23-28(26,27)17-9-3-14(4-10-17)11-12-21-18(24)19(25)22-16-7-5-15(20)6-8-16/h3-10,13,23H,11-12H2,1-2H3,(H,21,24)(H,22,25). The van der Waals surface area contributed by atoms with Crippen molar-refractivity contribution < 1.29 is 18.0 Å². The molecule has 0 atom stereocenters. The third-order valence-electron chi connectivity index (χ3n) is 3.63. The average molecular weight is 424 g/mol. The number of hydrogen-bond donors (Lipinski definition) is 3. The summed E-state index contributed by atoms with van der Waals surface area (Å²) in [4.78, 5) is 23.9. The van der Waals surface area contributed by atoms with E-state index in [0.29, 0.717) is 17.1 Å². The summed E-state index contributed by atoms with van der Waals surface area (Å²) in [5.41, 5.74) is 1.30. The van der Waals surface area contributed by atoms with Gasteiger partial charge in [0.05, 0.1) is 4.90 Å². The topological polar surface area (TPSA) is 104 Å². The van der Waals surface area contributed by atoms with Crippen LogP contribution in [-0.2, 0) is 26.0 Å². The van der Waals surface area contributed by atoms with E-state index in [1.54, 1.807) is 50.2 Å². The Hall–Kier alpha value is -2.42. The number of sulfonamides is 1. The molecule has 28 heavy (non-hydrogen) atoms. The number of amides is 2. The van der Waals surface area contributed by atoms with Crippen LogP contribution in [0.5, 0.6) is 0 Å². The van der Waals surface area contributed by atoms with Gasteiger partial charge < -0.3 is 10.6 Å². The van der Waals surface area contributed by atoms with Crippen molar-refractivity contribution in [3.63, 3.8) is 0 Å². The maximum absolute atomic E-state index is 12.1. The van der Waals surface area contributed by atoms with E-state index < -0.39 is 21.8 Å². The lowest BCUT2D eigenvalue weighted by atomic mass is 10.1. The smallest absolute Gasteiger partial charge is 0.313 e. The summed E-state index contributed by atoms with van der Waals surface area (Å²) in [5.74, 6) is -1.53. The monoisotopic (exact) mass is 423 g/mol. The lowest BCUT2D eigenvalue weighted by molar-refractivity contribution is -0.136. The minimum atomic E-state index is -3.53. The summed E-state index contributed by atoms with van der Waals surface area (Å²) in [6.07, 6.45) is 0.456. The average Bonchev–Trinajstić information content (AvgIpc) is 2.63. The molecule has 150 valence electrons. The van der Waals surface area contributed by atoms with Crippen LogP contribution < -0.4 is 15.4 Å². The number of halogens is 1. The molecule has 0 aromatic heterocycles. The number of hydrogen-bond acceptors (Lipinski definition) is 4. The number of carbonyl (C=O) groups is 2. The minimum Gasteiger partial charge on any atom is -0.347 e. The maximum atomic E-state index is 12.1. The fourth-order valence-corrected chi connectivity index (χ4v) is 3.71. The van der Waals surface area contributed by atoms with Crippen LogP contribution >= 0.6 is 11.6 Å². The molecule has 0 spiro atoms. The zero-order chi connectivity index (χ0) is 20.7. The molecule has 2 aromatic carbocycles. The number of carbonyl (C=O) groups excluding carboxylic acids is 2. The van der Waals surface area contributed by atoms with Crippen LogP contribution in [0.15, 0.2) is 53.4 Å². The van der Waals surface area contributed by atoms with Crippen LogP contribution in [0.25, 0.3) is 0 Å². The highest BCUT2D eigenvalue weighted by molar-refractivity contribution is 7.89. The van der Waals surface area contributed by atoms with E-state index in [2.05, 4.69) is 15.4 Å². The molecular weight excluding hydrogens is 402 g/mol. The van der Waals surface area contributed by atoms with Gasteiger partial charge in [0.2, 0.25) is 10.0 Å². The van der Waals surface area contributed by atoms with Crippen LogP contribution in [0.1, 0.15) is 19.4 Å². The molecule has 0 aliphatic heterocycles. The molecule has 2 amide bonds. The molecule has 3 N–H and O–H groups in total. The molecule has 0 unspecified atom stereocenters. The molecule has 9 heteroatoms. The molecule has 0 bridgehead atoms. The fraction of sp³-hybridized carbons (Fsp3) is 0.263. The van der Waals surface area contributed by atoms with Gasteiger partial charge in [0.15, 0.2) is 0 Å². The Balaban J connectivity index is 1.83. The van der Waals surface area contributed by atoms with Crippen molar-refractivity contribution in [1.82, 2.24) is 10.0 Å². The molecule has 0 saturated heterocycles. The Labute approximate surface area is 169 Å². The molecule has 0 aliphatic carbocycles. The second-order valence-corrected chi connectivity index (χ2v) is 8.54. The summed E-state index contributed by atoms with van der Waals surface area (Å²) < 4.78 is 26.7. The fourth-order valence-electron chi connectivity index (χ4n) is 2.34. The van der Waals surface area contributed by atoms with Gasteiger partial charge in [-0.15, -0.1) is 0 Å². The van der Waals surface area contributed by atoms with E-state index in [9.17, 15) is 18.0 Å².